The third-order valence-electron chi connectivity index (χ3n) is 4.20. The van der Waals surface area contributed by atoms with Gasteiger partial charge in [-0.15, -0.1) is 0 Å². The summed E-state index contributed by atoms with van der Waals surface area (Å²) in [4.78, 5) is 0. The summed E-state index contributed by atoms with van der Waals surface area (Å²) in [6.45, 7) is 10.3. The molecule has 3 atom stereocenters. The molecule has 2 N–H and O–H groups in total. The predicted molar refractivity (Wildman–Crippen MR) is 67.7 cm³/mol. The molecule has 1 nitrogen and oxygen atoms in total. The van der Waals surface area contributed by atoms with E-state index in [2.05, 4.69) is 27.7 Å². The number of hydrogen-bond donors (Lipinski definition) is 1. The van der Waals surface area contributed by atoms with E-state index in [1.165, 1.54) is 25.7 Å². The molecule has 0 aliphatic heterocycles. The molecule has 0 amide bonds. The molecule has 1 aliphatic carbocycles. The highest BCUT2D eigenvalue weighted by Gasteiger charge is 2.31. The average molecular weight is 211 g/mol. The Morgan fingerprint density at radius 1 is 1.07 bits per heavy atom. The lowest BCUT2D eigenvalue weighted by molar-refractivity contribution is 0.133. The molecule has 3 unspecified atom stereocenters. The standard InChI is InChI=1S/C14H29N/c1-10(2)7-14-8-12(11(3)4)5-6-13(14)9-15/h10-14H,5-9,15H2,1-4H3. The summed E-state index contributed by atoms with van der Waals surface area (Å²) >= 11 is 0. The van der Waals surface area contributed by atoms with Crippen LogP contribution in [0.25, 0.3) is 0 Å². The summed E-state index contributed by atoms with van der Waals surface area (Å²) in [6.07, 6.45) is 5.59. The molecule has 0 saturated heterocycles. The summed E-state index contributed by atoms with van der Waals surface area (Å²) in [6, 6.07) is 0. The van der Waals surface area contributed by atoms with Gasteiger partial charge in [0.05, 0.1) is 0 Å². The lowest BCUT2D eigenvalue weighted by Gasteiger charge is -2.38. The molecule has 1 rings (SSSR count). The van der Waals surface area contributed by atoms with Crippen molar-refractivity contribution in [1.29, 1.82) is 0 Å². The van der Waals surface area contributed by atoms with Crippen LogP contribution in [0.2, 0.25) is 0 Å². The first-order valence-corrected chi connectivity index (χ1v) is 6.74. The minimum atomic E-state index is 0.808. The number of hydrogen-bond acceptors (Lipinski definition) is 1. The van der Waals surface area contributed by atoms with Crippen molar-refractivity contribution in [3.8, 4) is 0 Å². The number of nitrogens with two attached hydrogens (primary N) is 1. The first-order valence-electron chi connectivity index (χ1n) is 6.74. The second-order valence-electron chi connectivity index (χ2n) is 6.20. The lowest BCUT2D eigenvalue weighted by atomic mass is 9.68. The highest BCUT2D eigenvalue weighted by Crippen LogP contribution is 2.39. The van der Waals surface area contributed by atoms with Crippen LogP contribution in [-0.2, 0) is 0 Å². The van der Waals surface area contributed by atoms with Crippen molar-refractivity contribution in [2.45, 2.75) is 53.4 Å². The second kappa shape index (κ2) is 5.89. The molecule has 1 aliphatic rings. The van der Waals surface area contributed by atoms with Crippen LogP contribution in [-0.4, -0.2) is 6.54 Å². The van der Waals surface area contributed by atoms with E-state index in [0.717, 1.165) is 36.1 Å². The van der Waals surface area contributed by atoms with Crippen molar-refractivity contribution in [2.24, 2.45) is 35.3 Å². The largest absolute Gasteiger partial charge is 0.330 e. The fourth-order valence-electron chi connectivity index (χ4n) is 3.17. The fraction of sp³-hybridized carbons (Fsp3) is 1.00. The van der Waals surface area contributed by atoms with Crippen LogP contribution in [0.3, 0.4) is 0 Å². The van der Waals surface area contributed by atoms with E-state index in [0.29, 0.717) is 0 Å². The molecular weight excluding hydrogens is 182 g/mol. The van der Waals surface area contributed by atoms with Crippen LogP contribution in [0.4, 0.5) is 0 Å². The van der Waals surface area contributed by atoms with E-state index >= 15 is 0 Å². The maximum atomic E-state index is 5.89. The summed E-state index contributed by atoms with van der Waals surface area (Å²) < 4.78 is 0. The van der Waals surface area contributed by atoms with Gasteiger partial charge in [-0.05, 0) is 61.8 Å². The van der Waals surface area contributed by atoms with Gasteiger partial charge in [-0.25, -0.2) is 0 Å². The van der Waals surface area contributed by atoms with Crippen molar-refractivity contribution < 1.29 is 0 Å². The van der Waals surface area contributed by atoms with Crippen molar-refractivity contribution in [1.82, 2.24) is 0 Å². The zero-order valence-corrected chi connectivity index (χ0v) is 11.0. The quantitative estimate of drug-likeness (QED) is 0.754. The first kappa shape index (κ1) is 13.0. The molecule has 15 heavy (non-hydrogen) atoms. The SMILES string of the molecule is CC(C)CC1CC(C(C)C)CCC1CN. The Hall–Kier alpha value is -0.0400. The normalized spacial score (nSPS) is 32.6. The molecule has 0 aromatic rings. The molecule has 0 heterocycles. The van der Waals surface area contributed by atoms with E-state index < -0.39 is 0 Å². The molecule has 90 valence electrons. The first-order chi connectivity index (χ1) is 7.04. The Morgan fingerprint density at radius 3 is 2.20 bits per heavy atom. The minimum Gasteiger partial charge on any atom is -0.330 e. The zero-order valence-electron chi connectivity index (χ0n) is 11.0. The van der Waals surface area contributed by atoms with Crippen LogP contribution in [0.15, 0.2) is 0 Å². The molecule has 0 aromatic heterocycles. The van der Waals surface area contributed by atoms with Crippen molar-refractivity contribution >= 4 is 0 Å². The lowest BCUT2D eigenvalue weighted by Crippen LogP contribution is -2.32. The fourth-order valence-corrected chi connectivity index (χ4v) is 3.17. The topological polar surface area (TPSA) is 26.0 Å². The number of rotatable bonds is 4. The molecule has 1 saturated carbocycles. The van der Waals surface area contributed by atoms with Crippen molar-refractivity contribution in [3.63, 3.8) is 0 Å². The smallest absolute Gasteiger partial charge is 0.00462 e. The average Bonchev–Trinajstić information content (AvgIpc) is 2.16. The minimum absolute atomic E-state index is 0.808. The molecule has 0 spiro atoms. The van der Waals surface area contributed by atoms with Gasteiger partial charge in [-0.3, -0.25) is 0 Å². The summed E-state index contributed by atoms with van der Waals surface area (Å²) in [5, 5.41) is 0. The maximum absolute atomic E-state index is 5.89. The van der Waals surface area contributed by atoms with Gasteiger partial charge in [-0.1, -0.05) is 27.7 Å². The Bertz CT molecular complexity index is 174. The molecular formula is C14H29N. The van der Waals surface area contributed by atoms with Gasteiger partial charge >= 0.3 is 0 Å². The van der Waals surface area contributed by atoms with E-state index in [1.807, 2.05) is 0 Å². The highest BCUT2D eigenvalue weighted by molar-refractivity contribution is 4.82. The van der Waals surface area contributed by atoms with Crippen LogP contribution in [0.1, 0.15) is 53.4 Å². The van der Waals surface area contributed by atoms with Crippen LogP contribution < -0.4 is 5.73 Å². The van der Waals surface area contributed by atoms with Gasteiger partial charge in [0, 0.05) is 0 Å². The predicted octanol–water partition coefficient (Wildman–Crippen LogP) is 3.68. The zero-order chi connectivity index (χ0) is 11.4. The van der Waals surface area contributed by atoms with Gasteiger partial charge in [-0.2, -0.15) is 0 Å². The van der Waals surface area contributed by atoms with Crippen LogP contribution >= 0.6 is 0 Å². The Balaban J connectivity index is 2.53. The van der Waals surface area contributed by atoms with Crippen molar-refractivity contribution in [2.75, 3.05) is 6.54 Å². The summed E-state index contributed by atoms with van der Waals surface area (Å²) in [5.41, 5.74) is 5.89. The second-order valence-corrected chi connectivity index (χ2v) is 6.20. The van der Waals surface area contributed by atoms with Gasteiger partial charge in [0.15, 0.2) is 0 Å². The Kier molecular flexibility index (Phi) is 5.11. The summed E-state index contributed by atoms with van der Waals surface area (Å²) in [5.74, 6) is 4.35. The molecule has 1 heteroatoms. The van der Waals surface area contributed by atoms with E-state index in [9.17, 15) is 0 Å². The Labute approximate surface area is 95.8 Å². The molecule has 0 radical (unpaired) electrons. The highest BCUT2D eigenvalue weighted by atomic mass is 14.6. The van der Waals surface area contributed by atoms with Gasteiger partial charge in [0.2, 0.25) is 0 Å². The summed E-state index contributed by atoms with van der Waals surface area (Å²) in [7, 11) is 0. The van der Waals surface area contributed by atoms with Gasteiger partial charge < -0.3 is 5.73 Å². The van der Waals surface area contributed by atoms with Crippen LogP contribution in [0, 0.1) is 29.6 Å². The van der Waals surface area contributed by atoms with E-state index in [-0.39, 0.29) is 0 Å². The van der Waals surface area contributed by atoms with E-state index in [4.69, 9.17) is 5.73 Å². The third kappa shape index (κ3) is 3.79. The monoisotopic (exact) mass is 211 g/mol. The third-order valence-corrected chi connectivity index (χ3v) is 4.20. The van der Waals surface area contributed by atoms with Crippen LogP contribution in [0.5, 0.6) is 0 Å². The molecule has 0 bridgehead atoms. The van der Waals surface area contributed by atoms with Gasteiger partial charge in [0.25, 0.3) is 0 Å². The van der Waals surface area contributed by atoms with Gasteiger partial charge in [0.1, 0.15) is 0 Å². The Morgan fingerprint density at radius 2 is 1.73 bits per heavy atom. The van der Waals surface area contributed by atoms with E-state index in [1.54, 1.807) is 0 Å². The molecule has 0 aromatic carbocycles. The van der Waals surface area contributed by atoms with Crippen molar-refractivity contribution in [3.05, 3.63) is 0 Å². The maximum Gasteiger partial charge on any atom is -0.00462 e. The molecule has 1 fully saturated rings.